The Hall–Kier alpha value is -0.860. The molecule has 1 N–H and O–H groups in total. The molecule has 2 heteroatoms. The number of benzene rings is 1. The summed E-state index contributed by atoms with van der Waals surface area (Å²) in [5, 5.41) is 9.87. The molecule has 14 heavy (non-hydrogen) atoms. The summed E-state index contributed by atoms with van der Waals surface area (Å²) in [7, 11) is 4.03. The van der Waals surface area contributed by atoms with Crippen molar-refractivity contribution in [3.05, 3.63) is 35.4 Å². The van der Waals surface area contributed by atoms with Crippen LogP contribution in [0.2, 0.25) is 0 Å². The molecular weight excluding hydrogens is 174 g/mol. The molecule has 2 nitrogen and oxygen atoms in total. The summed E-state index contributed by atoms with van der Waals surface area (Å²) in [5.74, 6) is 0. The second-order valence-electron chi connectivity index (χ2n) is 4.02. The molecule has 0 spiro atoms. The molecule has 78 valence electrons. The van der Waals surface area contributed by atoms with Crippen LogP contribution in [0.3, 0.4) is 0 Å². The highest BCUT2D eigenvalue weighted by Gasteiger charge is 2.07. The molecule has 0 aromatic heterocycles. The summed E-state index contributed by atoms with van der Waals surface area (Å²) in [6, 6.07) is 8.05. The topological polar surface area (TPSA) is 23.5 Å². The fourth-order valence-corrected chi connectivity index (χ4v) is 1.42. The van der Waals surface area contributed by atoms with Crippen LogP contribution in [0.15, 0.2) is 24.3 Å². The third kappa shape index (κ3) is 3.48. The lowest BCUT2D eigenvalue weighted by molar-refractivity contribution is 0.154. The maximum absolute atomic E-state index is 9.87. The molecule has 0 aliphatic carbocycles. The van der Waals surface area contributed by atoms with E-state index in [1.807, 2.05) is 45.3 Å². The van der Waals surface area contributed by atoms with Gasteiger partial charge in [-0.05, 0) is 33.0 Å². The van der Waals surface area contributed by atoms with Gasteiger partial charge >= 0.3 is 0 Å². The van der Waals surface area contributed by atoms with Crippen LogP contribution in [0.25, 0.3) is 0 Å². The Morgan fingerprint density at radius 1 is 1.36 bits per heavy atom. The van der Waals surface area contributed by atoms with E-state index in [0.717, 1.165) is 18.5 Å². The van der Waals surface area contributed by atoms with E-state index in [0.29, 0.717) is 0 Å². The van der Waals surface area contributed by atoms with E-state index in [1.165, 1.54) is 5.56 Å². The predicted octanol–water partition coefficient (Wildman–Crippen LogP) is 1.98. The van der Waals surface area contributed by atoms with Crippen molar-refractivity contribution in [2.45, 2.75) is 19.4 Å². The maximum atomic E-state index is 9.87. The van der Waals surface area contributed by atoms with Gasteiger partial charge in [0.2, 0.25) is 0 Å². The van der Waals surface area contributed by atoms with Gasteiger partial charge in [-0.25, -0.2) is 0 Å². The van der Waals surface area contributed by atoms with Crippen LogP contribution < -0.4 is 0 Å². The second kappa shape index (κ2) is 5.13. The van der Waals surface area contributed by atoms with E-state index in [2.05, 4.69) is 4.90 Å². The first-order valence-electron chi connectivity index (χ1n) is 4.99. The first-order chi connectivity index (χ1) is 6.59. The lowest BCUT2D eigenvalue weighted by atomic mass is 10.0. The van der Waals surface area contributed by atoms with Gasteiger partial charge in [-0.1, -0.05) is 29.8 Å². The van der Waals surface area contributed by atoms with Crippen LogP contribution in [0, 0.1) is 6.92 Å². The van der Waals surface area contributed by atoms with Gasteiger partial charge in [-0.2, -0.15) is 0 Å². The maximum Gasteiger partial charge on any atom is 0.0802 e. The Morgan fingerprint density at radius 2 is 2.07 bits per heavy atom. The van der Waals surface area contributed by atoms with Crippen LogP contribution in [0.1, 0.15) is 23.7 Å². The number of hydrogen-bond acceptors (Lipinski definition) is 2. The van der Waals surface area contributed by atoms with Crippen molar-refractivity contribution in [1.82, 2.24) is 4.90 Å². The summed E-state index contributed by atoms with van der Waals surface area (Å²) in [5.41, 5.74) is 2.22. The molecule has 0 saturated carbocycles. The third-order valence-electron chi connectivity index (χ3n) is 2.28. The molecule has 0 heterocycles. The zero-order chi connectivity index (χ0) is 10.6. The highest BCUT2D eigenvalue weighted by Crippen LogP contribution is 2.17. The minimum Gasteiger partial charge on any atom is -0.388 e. The number of nitrogens with zero attached hydrogens (tertiary/aromatic N) is 1. The molecule has 0 aliphatic heterocycles. The van der Waals surface area contributed by atoms with Crippen molar-refractivity contribution in [2.75, 3.05) is 20.6 Å². The minimum absolute atomic E-state index is 0.336. The first kappa shape index (κ1) is 11.2. The molecule has 0 amide bonds. The lowest BCUT2D eigenvalue weighted by Gasteiger charge is -2.14. The number of aliphatic hydroxyl groups excluding tert-OH is 1. The quantitative estimate of drug-likeness (QED) is 0.790. The van der Waals surface area contributed by atoms with Gasteiger partial charge in [-0.15, -0.1) is 0 Å². The van der Waals surface area contributed by atoms with Gasteiger partial charge in [0.15, 0.2) is 0 Å². The summed E-state index contributed by atoms with van der Waals surface area (Å²) >= 11 is 0. The molecule has 1 unspecified atom stereocenters. The van der Waals surface area contributed by atoms with Crippen molar-refractivity contribution < 1.29 is 5.11 Å². The van der Waals surface area contributed by atoms with Gasteiger partial charge < -0.3 is 10.0 Å². The second-order valence-corrected chi connectivity index (χ2v) is 4.02. The van der Waals surface area contributed by atoms with Crippen LogP contribution in [0.4, 0.5) is 0 Å². The van der Waals surface area contributed by atoms with Crippen molar-refractivity contribution in [2.24, 2.45) is 0 Å². The van der Waals surface area contributed by atoms with E-state index < -0.39 is 0 Å². The van der Waals surface area contributed by atoms with Gasteiger partial charge in [0, 0.05) is 6.54 Å². The highest BCUT2D eigenvalue weighted by atomic mass is 16.3. The Balaban J connectivity index is 2.56. The summed E-state index contributed by atoms with van der Waals surface area (Å²) in [6.45, 7) is 2.96. The molecule has 1 aromatic carbocycles. The molecule has 1 aromatic rings. The molecule has 1 rings (SSSR count). The predicted molar refractivity (Wildman–Crippen MR) is 59.3 cm³/mol. The van der Waals surface area contributed by atoms with Gasteiger partial charge in [0.05, 0.1) is 6.10 Å². The van der Waals surface area contributed by atoms with Crippen LogP contribution >= 0.6 is 0 Å². The van der Waals surface area contributed by atoms with Gasteiger partial charge in [0.25, 0.3) is 0 Å². The lowest BCUT2D eigenvalue weighted by Crippen LogP contribution is -2.15. The normalized spacial score (nSPS) is 13.2. The van der Waals surface area contributed by atoms with Crippen molar-refractivity contribution in [3.63, 3.8) is 0 Å². The Morgan fingerprint density at radius 3 is 2.64 bits per heavy atom. The fourth-order valence-electron chi connectivity index (χ4n) is 1.42. The average molecular weight is 193 g/mol. The molecule has 0 bridgehead atoms. The van der Waals surface area contributed by atoms with Gasteiger partial charge in [-0.3, -0.25) is 0 Å². The summed E-state index contributed by atoms with van der Waals surface area (Å²) in [6.07, 6.45) is 0.452. The van der Waals surface area contributed by atoms with Crippen LogP contribution in [0.5, 0.6) is 0 Å². The molecule has 0 radical (unpaired) electrons. The standard InChI is InChI=1S/C12H19NO/c1-10-5-4-6-11(9-10)12(14)7-8-13(2)3/h4-6,9,12,14H,7-8H2,1-3H3. The van der Waals surface area contributed by atoms with Crippen molar-refractivity contribution in [3.8, 4) is 0 Å². The summed E-state index contributed by atoms with van der Waals surface area (Å²) < 4.78 is 0. The first-order valence-corrected chi connectivity index (χ1v) is 4.99. The Bertz CT molecular complexity index is 283. The highest BCUT2D eigenvalue weighted by molar-refractivity contribution is 5.23. The van der Waals surface area contributed by atoms with E-state index in [4.69, 9.17) is 0 Å². The number of aliphatic hydroxyl groups is 1. The number of aryl methyl sites for hydroxylation is 1. The molecule has 1 atom stereocenters. The van der Waals surface area contributed by atoms with E-state index in [1.54, 1.807) is 0 Å². The molecular formula is C12H19NO. The van der Waals surface area contributed by atoms with Gasteiger partial charge in [0.1, 0.15) is 0 Å². The monoisotopic (exact) mass is 193 g/mol. The molecule has 0 aliphatic rings. The number of hydrogen-bond donors (Lipinski definition) is 1. The summed E-state index contributed by atoms with van der Waals surface area (Å²) in [4.78, 5) is 2.08. The van der Waals surface area contributed by atoms with Crippen LogP contribution in [-0.4, -0.2) is 30.6 Å². The van der Waals surface area contributed by atoms with Crippen molar-refractivity contribution in [1.29, 1.82) is 0 Å². The van der Waals surface area contributed by atoms with Crippen LogP contribution in [-0.2, 0) is 0 Å². The fraction of sp³-hybridized carbons (Fsp3) is 0.500. The minimum atomic E-state index is -0.336. The largest absolute Gasteiger partial charge is 0.388 e. The Labute approximate surface area is 86.2 Å². The number of rotatable bonds is 4. The average Bonchev–Trinajstić information content (AvgIpc) is 2.14. The zero-order valence-corrected chi connectivity index (χ0v) is 9.20. The van der Waals surface area contributed by atoms with E-state index >= 15 is 0 Å². The molecule has 0 saturated heterocycles. The molecule has 0 fully saturated rings. The Kier molecular flexibility index (Phi) is 4.11. The van der Waals surface area contributed by atoms with Crippen molar-refractivity contribution >= 4 is 0 Å². The smallest absolute Gasteiger partial charge is 0.0802 e. The zero-order valence-electron chi connectivity index (χ0n) is 9.20. The van der Waals surface area contributed by atoms with E-state index in [9.17, 15) is 5.11 Å². The SMILES string of the molecule is Cc1cccc(C(O)CCN(C)C)c1. The van der Waals surface area contributed by atoms with E-state index in [-0.39, 0.29) is 6.10 Å². The third-order valence-corrected chi connectivity index (χ3v) is 2.28.